The second kappa shape index (κ2) is 22.0. The van der Waals surface area contributed by atoms with Gasteiger partial charge in [-0.15, -0.1) is 0 Å². The molecule has 0 fully saturated rings. The summed E-state index contributed by atoms with van der Waals surface area (Å²) >= 11 is 0. The number of ether oxygens (including phenoxy) is 1. The summed E-state index contributed by atoms with van der Waals surface area (Å²) in [6.45, 7) is 5.01. The van der Waals surface area contributed by atoms with E-state index in [-0.39, 0.29) is 5.91 Å². The van der Waals surface area contributed by atoms with Gasteiger partial charge in [0.25, 0.3) is 0 Å². The smallest absolute Gasteiger partial charge is 0.330 e. The largest absolute Gasteiger partial charge is 0.463 e. The first-order valence-electron chi connectivity index (χ1n) is 11.8. The number of hydrogen-bond donors (Lipinski definition) is 1. The molecule has 0 atom stereocenters. The highest BCUT2D eigenvalue weighted by Crippen LogP contribution is 2.13. The van der Waals surface area contributed by atoms with Gasteiger partial charge in [-0.3, -0.25) is 4.79 Å². The Kier molecular flexibility index (Phi) is 20.9. The lowest BCUT2D eigenvalue weighted by molar-refractivity contribution is -0.137. The number of hydrogen-bond acceptors (Lipinski definition) is 3. The summed E-state index contributed by atoms with van der Waals surface area (Å²) in [5.41, 5.74) is 0. The second-order valence-corrected chi connectivity index (χ2v) is 7.68. The van der Waals surface area contributed by atoms with E-state index < -0.39 is 5.97 Å². The molecule has 0 heterocycles. The Labute approximate surface area is 173 Å². The fraction of sp³-hybridized carbons (Fsp3) is 0.833. The molecule has 1 N–H and O–H groups in total. The van der Waals surface area contributed by atoms with Crippen LogP contribution < -0.4 is 5.32 Å². The fourth-order valence-electron chi connectivity index (χ4n) is 3.28. The average Bonchev–Trinajstić information content (AvgIpc) is 2.69. The normalized spacial score (nSPS) is 11.1. The zero-order valence-electron chi connectivity index (χ0n) is 18.6. The quantitative estimate of drug-likeness (QED) is 0.146. The second-order valence-electron chi connectivity index (χ2n) is 7.68. The molecule has 0 aliphatic rings. The molecule has 0 saturated carbocycles. The van der Waals surface area contributed by atoms with Crippen LogP contribution in [0.2, 0.25) is 0 Å². The van der Waals surface area contributed by atoms with E-state index in [1.165, 1.54) is 102 Å². The molecule has 4 nitrogen and oxygen atoms in total. The summed E-state index contributed by atoms with van der Waals surface area (Å²) in [7, 11) is 0. The van der Waals surface area contributed by atoms with Gasteiger partial charge in [-0.1, -0.05) is 103 Å². The van der Waals surface area contributed by atoms with E-state index in [0.717, 1.165) is 12.8 Å². The van der Waals surface area contributed by atoms with E-state index in [4.69, 9.17) is 4.74 Å². The Morgan fingerprint density at radius 2 is 1.07 bits per heavy atom. The summed E-state index contributed by atoms with van der Waals surface area (Å²) in [4.78, 5) is 22.6. The molecular formula is C24H45NO3. The lowest BCUT2D eigenvalue weighted by atomic mass is 10.0. The Balaban J connectivity index is 3.21. The Morgan fingerprint density at radius 1 is 0.643 bits per heavy atom. The summed E-state index contributed by atoms with van der Waals surface area (Å²) in [6, 6.07) is 0. The van der Waals surface area contributed by atoms with Crippen molar-refractivity contribution in [3.05, 3.63) is 12.2 Å². The predicted octanol–water partition coefficient (Wildman–Crippen LogP) is 6.48. The van der Waals surface area contributed by atoms with Crippen LogP contribution in [0.15, 0.2) is 12.2 Å². The van der Waals surface area contributed by atoms with E-state index in [9.17, 15) is 9.59 Å². The minimum atomic E-state index is -0.472. The highest BCUT2D eigenvalue weighted by atomic mass is 16.5. The summed E-state index contributed by atoms with van der Waals surface area (Å²) < 4.78 is 4.73. The lowest BCUT2D eigenvalue weighted by Crippen LogP contribution is -2.22. The molecule has 0 aliphatic heterocycles. The SMILES string of the molecule is CCCCCCCCCCCCCCCCCCNC(=O)C=CC(=O)OCC. The third-order valence-electron chi connectivity index (χ3n) is 4.99. The number of carbonyl (C=O) groups excluding carboxylic acids is 2. The molecule has 1 amide bonds. The lowest BCUT2D eigenvalue weighted by Gasteiger charge is -2.04. The van der Waals surface area contributed by atoms with Crippen LogP contribution in [0.1, 0.15) is 117 Å². The summed E-state index contributed by atoms with van der Waals surface area (Å²) in [5.74, 6) is -0.700. The first-order valence-corrected chi connectivity index (χ1v) is 11.8. The highest BCUT2D eigenvalue weighted by molar-refractivity contribution is 5.94. The van der Waals surface area contributed by atoms with Crippen molar-refractivity contribution in [3.63, 3.8) is 0 Å². The van der Waals surface area contributed by atoms with Crippen LogP contribution in [0, 0.1) is 0 Å². The third-order valence-corrected chi connectivity index (χ3v) is 4.99. The first kappa shape index (κ1) is 26.7. The van der Waals surface area contributed by atoms with Crippen LogP contribution in [0.5, 0.6) is 0 Å². The van der Waals surface area contributed by atoms with Gasteiger partial charge in [0.15, 0.2) is 0 Å². The monoisotopic (exact) mass is 395 g/mol. The number of rotatable bonds is 20. The Hall–Kier alpha value is -1.32. The predicted molar refractivity (Wildman–Crippen MR) is 118 cm³/mol. The standard InChI is InChI=1S/C24H45NO3/c1-3-5-6-7-8-9-10-11-12-13-14-15-16-17-18-19-22-25-23(26)20-21-24(27)28-4-2/h20-21H,3-19,22H2,1-2H3,(H,25,26). The first-order chi connectivity index (χ1) is 13.7. The third kappa shape index (κ3) is 21.0. The van der Waals surface area contributed by atoms with E-state index in [1.807, 2.05) is 0 Å². The van der Waals surface area contributed by atoms with Crippen LogP contribution in [0.4, 0.5) is 0 Å². The van der Waals surface area contributed by atoms with Crippen LogP contribution in [0.3, 0.4) is 0 Å². The van der Waals surface area contributed by atoms with Crippen LogP contribution >= 0.6 is 0 Å². The topological polar surface area (TPSA) is 55.4 Å². The van der Waals surface area contributed by atoms with Crippen molar-refractivity contribution >= 4 is 11.9 Å². The van der Waals surface area contributed by atoms with Crippen molar-refractivity contribution in [2.75, 3.05) is 13.2 Å². The molecule has 0 aromatic heterocycles. The van der Waals surface area contributed by atoms with E-state index in [1.54, 1.807) is 6.92 Å². The molecular weight excluding hydrogens is 350 g/mol. The molecule has 164 valence electrons. The van der Waals surface area contributed by atoms with Crippen molar-refractivity contribution < 1.29 is 14.3 Å². The summed E-state index contributed by atoms with van der Waals surface area (Å²) in [6.07, 6.45) is 23.9. The zero-order valence-corrected chi connectivity index (χ0v) is 18.6. The van der Waals surface area contributed by atoms with Crippen LogP contribution in [0.25, 0.3) is 0 Å². The van der Waals surface area contributed by atoms with Crippen molar-refractivity contribution in [1.82, 2.24) is 5.32 Å². The maximum atomic E-state index is 11.5. The molecule has 0 aromatic carbocycles. The van der Waals surface area contributed by atoms with E-state index in [2.05, 4.69) is 12.2 Å². The van der Waals surface area contributed by atoms with Gasteiger partial charge < -0.3 is 10.1 Å². The summed E-state index contributed by atoms with van der Waals surface area (Å²) in [5, 5.41) is 2.80. The molecule has 0 aliphatic carbocycles. The average molecular weight is 396 g/mol. The van der Waals surface area contributed by atoms with Gasteiger partial charge in [-0.25, -0.2) is 4.79 Å². The maximum absolute atomic E-state index is 11.5. The maximum Gasteiger partial charge on any atom is 0.330 e. The number of unbranched alkanes of at least 4 members (excludes halogenated alkanes) is 15. The Morgan fingerprint density at radius 3 is 1.50 bits per heavy atom. The molecule has 0 bridgehead atoms. The highest BCUT2D eigenvalue weighted by Gasteiger charge is 1.99. The van der Waals surface area contributed by atoms with Crippen LogP contribution in [-0.2, 0) is 14.3 Å². The van der Waals surface area contributed by atoms with Gasteiger partial charge in [0.2, 0.25) is 5.91 Å². The number of esters is 1. The molecule has 0 saturated heterocycles. The van der Waals surface area contributed by atoms with Crippen LogP contribution in [-0.4, -0.2) is 25.0 Å². The zero-order chi connectivity index (χ0) is 20.7. The molecule has 0 aromatic rings. The molecule has 0 unspecified atom stereocenters. The van der Waals surface area contributed by atoms with Gasteiger partial charge in [0.1, 0.15) is 0 Å². The van der Waals surface area contributed by atoms with Gasteiger partial charge in [-0.05, 0) is 13.3 Å². The molecule has 0 radical (unpaired) electrons. The van der Waals surface area contributed by atoms with E-state index in [0.29, 0.717) is 13.2 Å². The van der Waals surface area contributed by atoms with Gasteiger partial charge in [-0.2, -0.15) is 0 Å². The minimum absolute atomic E-state index is 0.228. The molecule has 0 rings (SSSR count). The van der Waals surface area contributed by atoms with Crippen molar-refractivity contribution in [2.45, 2.75) is 117 Å². The van der Waals surface area contributed by atoms with Gasteiger partial charge in [0.05, 0.1) is 6.61 Å². The van der Waals surface area contributed by atoms with Crippen molar-refractivity contribution in [3.8, 4) is 0 Å². The number of carbonyl (C=O) groups is 2. The molecule has 0 spiro atoms. The molecule has 28 heavy (non-hydrogen) atoms. The Bertz CT molecular complexity index is 393. The van der Waals surface area contributed by atoms with Gasteiger partial charge >= 0.3 is 5.97 Å². The van der Waals surface area contributed by atoms with Crippen molar-refractivity contribution in [1.29, 1.82) is 0 Å². The number of nitrogens with one attached hydrogen (secondary N) is 1. The minimum Gasteiger partial charge on any atom is -0.463 e. The fourth-order valence-corrected chi connectivity index (χ4v) is 3.28. The van der Waals surface area contributed by atoms with Crippen molar-refractivity contribution in [2.24, 2.45) is 0 Å². The van der Waals surface area contributed by atoms with Gasteiger partial charge in [0, 0.05) is 18.7 Å². The van der Waals surface area contributed by atoms with E-state index >= 15 is 0 Å². The molecule has 4 heteroatoms. The number of amides is 1.